The SMILES string of the molecule is CC(C)=CCC/C(C)=C/CC/C(C)=C/CSC[C@H](NC(=O)[C@@H](CC(=O)O)NC(=O)OC(C)(C)C)C(=O)O. The number of amides is 2. The number of thioether (sulfide) groups is 1. The van der Waals surface area contributed by atoms with Crippen LogP contribution < -0.4 is 10.6 Å². The molecule has 0 aliphatic heterocycles. The second-order valence-electron chi connectivity index (χ2n) is 10.2. The van der Waals surface area contributed by atoms with Crippen LogP contribution in [-0.4, -0.2) is 63.3 Å². The van der Waals surface area contributed by atoms with Crippen LogP contribution in [-0.2, 0) is 19.1 Å². The Bertz CT molecular complexity index is 868. The Morgan fingerprint density at radius 1 is 0.865 bits per heavy atom. The number of nitrogens with one attached hydrogen (secondary N) is 2. The first-order chi connectivity index (χ1) is 17.1. The first-order valence-electron chi connectivity index (χ1n) is 12.4. The van der Waals surface area contributed by atoms with E-state index in [-0.39, 0.29) is 5.75 Å². The highest BCUT2D eigenvalue weighted by Crippen LogP contribution is 2.13. The highest BCUT2D eigenvalue weighted by molar-refractivity contribution is 7.99. The summed E-state index contributed by atoms with van der Waals surface area (Å²) >= 11 is 1.34. The number of allylic oxidation sites excluding steroid dienone is 5. The van der Waals surface area contributed by atoms with Crippen molar-refractivity contribution in [2.24, 2.45) is 0 Å². The van der Waals surface area contributed by atoms with Gasteiger partial charge in [0.2, 0.25) is 5.91 Å². The number of carbonyl (C=O) groups excluding carboxylic acids is 2. The van der Waals surface area contributed by atoms with Crippen molar-refractivity contribution in [2.45, 2.75) is 98.3 Å². The molecule has 37 heavy (non-hydrogen) atoms. The van der Waals surface area contributed by atoms with E-state index in [1.807, 2.05) is 13.0 Å². The van der Waals surface area contributed by atoms with Crippen LogP contribution in [0.3, 0.4) is 0 Å². The van der Waals surface area contributed by atoms with Crippen LogP contribution in [0.1, 0.15) is 80.6 Å². The summed E-state index contributed by atoms with van der Waals surface area (Å²) < 4.78 is 5.07. The van der Waals surface area contributed by atoms with Gasteiger partial charge in [0.1, 0.15) is 17.7 Å². The van der Waals surface area contributed by atoms with Crippen LogP contribution in [0.2, 0.25) is 0 Å². The number of hydrogen-bond acceptors (Lipinski definition) is 6. The van der Waals surface area contributed by atoms with Gasteiger partial charge < -0.3 is 25.6 Å². The lowest BCUT2D eigenvalue weighted by Crippen LogP contribution is -2.53. The van der Waals surface area contributed by atoms with Crippen LogP contribution in [0.15, 0.2) is 34.9 Å². The summed E-state index contributed by atoms with van der Waals surface area (Å²) in [6.45, 7) is 13.2. The third-order valence-corrected chi connectivity index (χ3v) is 5.93. The quantitative estimate of drug-likeness (QED) is 0.157. The second kappa shape index (κ2) is 17.7. The van der Waals surface area contributed by atoms with E-state index in [0.717, 1.165) is 25.7 Å². The first kappa shape index (κ1) is 34.2. The fourth-order valence-corrected chi connectivity index (χ4v) is 4.01. The summed E-state index contributed by atoms with van der Waals surface area (Å²) in [4.78, 5) is 47.4. The molecule has 0 aromatic rings. The lowest BCUT2D eigenvalue weighted by atomic mass is 10.1. The van der Waals surface area contributed by atoms with Crippen molar-refractivity contribution in [2.75, 3.05) is 11.5 Å². The molecular weight excluding hydrogens is 496 g/mol. The fourth-order valence-electron chi connectivity index (χ4n) is 3.01. The van der Waals surface area contributed by atoms with Crippen LogP contribution >= 0.6 is 11.8 Å². The largest absolute Gasteiger partial charge is 0.481 e. The number of ether oxygens (including phenoxy) is 1. The van der Waals surface area contributed by atoms with Gasteiger partial charge in [-0.1, -0.05) is 34.9 Å². The molecule has 0 saturated heterocycles. The van der Waals surface area contributed by atoms with Gasteiger partial charge in [0, 0.05) is 11.5 Å². The minimum Gasteiger partial charge on any atom is -0.481 e. The molecule has 0 radical (unpaired) electrons. The van der Waals surface area contributed by atoms with E-state index in [2.05, 4.69) is 43.6 Å². The number of rotatable bonds is 16. The highest BCUT2D eigenvalue weighted by Gasteiger charge is 2.29. The fraction of sp³-hybridized carbons (Fsp3) is 0.630. The second-order valence-corrected chi connectivity index (χ2v) is 11.3. The molecule has 0 aromatic heterocycles. The van der Waals surface area contributed by atoms with Crippen LogP contribution in [0, 0.1) is 0 Å². The molecule has 0 bridgehead atoms. The lowest BCUT2D eigenvalue weighted by Gasteiger charge is -2.23. The molecule has 0 rings (SSSR count). The van der Waals surface area contributed by atoms with Crippen molar-refractivity contribution in [3.63, 3.8) is 0 Å². The molecule has 2 atom stereocenters. The molecule has 0 aromatic carbocycles. The molecule has 10 heteroatoms. The minimum absolute atomic E-state index is 0.0838. The van der Waals surface area contributed by atoms with Crippen molar-refractivity contribution >= 4 is 35.7 Å². The van der Waals surface area contributed by atoms with Gasteiger partial charge in [-0.25, -0.2) is 9.59 Å². The molecule has 9 nitrogen and oxygen atoms in total. The monoisotopic (exact) mass is 540 g/mol. The summed E-state index contributed by atoms with van der Waals surface area (Å²) in [5, 5.41) is 23.1. The molecule has 0 heterocycles. The Labute approximate surface area is 225 Å². The molecule has 0 spiro atoms. The molecule has 2 amide bonds. The molecule has 210 valence electrons. The van der Waals surface area contributed by atoms with E-state index in [4.69, 9.17) is 9.84 Å². The third kappa shape index (κ3) is 19.1. The Kier molecular flexibility index (Phi) is 16.3. The van der Waals surface area contributed by atoms with E-state index < -0.39 is 48.0 Å². The van der Waals surface area contributed by atoms with Gasteiger partial charge in [-0.15, -0.1) is 0 Å². The number of hydrogen-bond donors (Lipinski definition) is 4. The first-order valence-corrected chi connectivity index (χ1v) is 13.5. The van der Waals surface area contributed by atoms with Gasteiger partial charge in [0.25, 0.3) is 0 Å². The predicted octanol–water partition coefficient (Wildman–Crippen LogP) is 5.08. The summed E-state index contributed by atoms with van der Waals surface area (Å²) in [7, 11) is 0. The van der Waals surface area contributed by atoms with Gasteiger partial charge in [0.05, 0.1) is 6.42 Å². The van der Waals surface area contributed by atoms with E-state index in [1.165, 1.54) is 28.5 Å². The van der Waals surface area contributed by atoms with Crippen LogP contribution in [0.5, 0.6) is 0 Å². The highest BCUT2D eigenvalue weighted by atomic mass is 32.2. The van der Waals surface area contributed by atoms with Gasteiger partial charge in [-0.3, -0.25) is 9.59 Å². The van der Waals surface area contributed by atoms with Crippen molar-refractivity contribution in [3.05, 3.63) is 34.9 Å². The van der Waals surface area contributed by atoms with Gasteiger partial charge >= 0.3 is 18.0 Å². The zero-order valence-electron chi connectivity index (χ0n) is 23.2. The van der Waals surface area contributed by atoms with E-state index in [0.29, 0.717) is 5.75 Å². The minimum atomic E-state index is -1.47. The van der Waals surface area contributed by atoms with Crippen molar-refractivity contribution < 1.29 is 34.1 Å². The number of aliphatic carboxylic acids is 2. The molecule has 0 saturated carbocycles. The maximum atomic E-state index is 12.6. The smallest absolute Gasteiger partial charge is 0.408 e. The lowest BCUT2D eigenvalue weighted by molar-refractivity contribution is -0.142. The topological polar surface area (TPSA) is 142 Å². The summed E-state index contributed by atoms with van der Waals surface area (Å²) in [6.07, 6.45) is 8.79. The average molecular weight is 541 g/mol. The van der Waals surface area contributed by atoms with Crippen LogP contribution in [0.4, 0.5) is 4.79 Å². The van der Waals surface area contributed by atoms with Crippen LogP contribution in [0.25, 0.3) is 0 Å². The van der Waals surface area contributed by atoms with Gasteiger partial charge in [-0.05, 0) is 74.1 Å². The molecule has 0 aliphatic rings. The van der Waals surface area contributed by atoms with E-state index in [9.17, 15) is 24.3 Å². The number of carbonyl (C=O) groups is 4. The van der Waals surface area contributed by atoms with E-state index in [1.54, 1.807) is 20.8 Å². The van der Waals surface area contributed by atoms with Gasteiger partial charge in [0.15, 0.2) is 0 Å². The summed E-state index contributed by atoms with van der Waals surface area (Å²) in [5.41, 5.74) is 3.04. The molecule has 0 unspecified atom stereocenters. The summed E-state index contributed by atoms with van der Waals surface area (Å²) in [5.74, 6) is -2.82. The summed E-state index contributed by atoms with van der Waals surface area (Å²) in [6, 6.07) is -2.71. The Morgan fingerprint density at radius 2 is 1.43 bits per heavy atom. The predicted molar refractivity (Wildman–Crippen MR) is 148 cm³/mol. The van der Waals surface area contributed by atoms with Crippen molar-refractivity contribution in [1.29, 1.82) is 0 Å². The average Bonchev–Trinajstić information content (AvgIpc) is 2.73. The molecule has 0 fully saturated rings. The molecule has 0 aliphatic carbocycles. The zero-order valence-corrected chi connectivity index (χ0v) is 24.0. The van der Waals surface area contributed by atoms with Crippen molar-refractivity contribution in [3.8, 4) is 0 Å². The normalized spacial score (nSPS) is 13.8. The Morgan fingerprint density at radius 3 is 1.95 bits per heavy atom. The molecule has 4 N–H and O–H groups in total. The number of alkyl carbamates (subject to hydrolysis) is 1. The maximum absolute atomic E-state index is 12.6. The molecular formula is C27H44N2O7S. The Balaban J connectivity index is 4.78. The van der Waals surface area contributed by atoms with Crippen molar-refractivity contribution in [1.82, 2.24) is 10.6 Å². The van der Waals surface area contributed by atoms with Gasteiger partial charge in [-0.2, -0.15) is 11.8 Å². The number of carboxylic acid groups (broad SMARTS) is 2. The third-order valence-electron chi connectivity index (χ3n) is 4.96. The number of carboxylic acids is 2. The Hall–Kier alpha value is -2.75. The zero-order chi connectivity index (χ0) is 28.6. The maximum Gasteiger partial charge on any atom is 0.408 e. The van der Waals surface area contributed by atoms with E-state index >= 15 is 0 Å². The standard InChI is InChI=1S/C27H44N2O7S/c1-18(2)10-8-11-19(3)12-9-13-20(4)14-15-37-17-22(25(33)34)28-24(32)21(16-23(30)31)29-26(35)36-27(5,6)7/h10,12,14,21-22H,8-9,11,13,15-17H2,1-7H3,(H,28,32)(H,29,35)(H,30,31)(H,33,34)/b19-12+,20-14+/t21-,22+/m1/s1.